The highest BCUT2D eigenvalue weighted by Gasteiger charge is 2.32. The molecule has 2 aliphatic heterocycles. The molecule has 3 amide bonds. The predicted molar refractivity (Wildman–Crippen MR) is 125 cm³/mol. The average molecular weight is 490 g/mol. The summed E-state index contributed by atoms with van der Waals surface area (Å²) in [4.78, 5) is 44.5. The van der Waals surface area contributed by atoms with Gasteiger partial charge in [-0.15, -0.1) is 11.6 Å². The molecule has 0 aliphatic carbocycles. The molecular formula is C23H25ClFN5O4. The molecule has 1 atom stereocenters. The van der Waals surface area contributed by atoms with E-state index in [-0.39, 0.29) is 24.8 Å². The number of cyclic esters (lactones) is 1. The van der Waals surface area contributed by atoms with Crippen molar-refractivity contribution in [1.82, 2.24) is 9.88 Å². The summed E-state index contributed by atoms with van der Waals surface area (Å²) >= 11 is 5.62. The highest BCUT2D eigenvalue weighted by atomic mass is 35.5. The zero-order chi connectivity index (χ0) is 24.2. The molecule has 11 heteroatoms. The summed E-state index contributed by atoms with van der Waals surface area (Å²) in [5.74, 6) is -0.305. The zero-order valence-corrected chi connectivity index (χ0v) is 19.2. The third-order valence-electron chi connectivity index (χ3n) is 5.98. The molecule has 0 spiro atoms. The van der Waals surface area contributed by atoms with Gasteiger partial charge in [0, 0.05) is 49.9 Å². The number of primary amides is 1. The highest BCUT2D eigenvalue weighted by molar-refractivity contribution is 6.27. The minimum atomic E-state index is -0.583. The van der Waals surface area contributed by atoms with Crippen LogP contribution in [0.1, 0.15) is 12.8 Å². The van der Waals surface area contributed by atoms with Crippen molar-refractivity contribution in [3.8, 4) is 11.1 Å². The van der Waals surface area contributed by atoms with Crippen molar-refractivity contribution >= 4 is 41.0 Å². The summed E-state index contributed by atoms with van der Waals surface area (Å²) in [7, 11) is 0. The third-order valence-corrected chi connectivity index (χ3v) is 6.21. The Labute approximate surface area is 201 Å². The Morgan fingerprint density at radius 2 is 1.94 bits per heavy atom. The average Bonchev–Trinajstić information content (AvgIpc) is 3.23. The van der Waals surface area contributed by atoms with Crippen LogP contribution in [0.2, 0.25) is 0 Å². The smallest absolute Gasteiger partial charge is 0.414 e. The van der Waals surface area contributed by atoms with Crippen molar-refractivity contribution in [2.24, 2.45) is 5.73 Å². The summed E-state index contributed by atoms with van der Waals surface area (Å²) < 4.78 is 20.2. The normalized spacial score (nSPS) is 18.2. The van der Waals surface area contributed by atoms with Crippen molar-refractivity contribution in [2.75, 3.05) is 48.4 Å². The van der Waals surface area contributed by atoms with Crippen molar-refractivity contribution in [1.29, 1.82) is 0 Å². The molecule has 9 nitrogen and oxygen atoms in total. The van der Waals surface area contributed by atoms with E-state index < -0.39 is 23.9 Å². The van der Waals surface area contributed by atoms with Crippen LogP contribution in [0.4, 0.5) is 20.7 Å². The van der Waals surface area contributed by atoms with Gasteiger partial charge in [0.2, 0.25) is 11.8 Å². The molecule has 180 valence electrons. The number of benzene rings is 1. The molecule has 2 aliphatic rings. The maximum atomic E-state index is 14.9. The number of hydrogen-bond donors (Lipinski definition) is 1. The highest BCUT2D eigenvalue weighted by Crippen LogP contribution is 2.30. The number of nitrogens with zero attached hydrogens (tertiary/aromatic N) is 4. The number of carbonyl (C=O) groups excluding carboxylic acids is 3. The van der Waals surface area contributed by atoms with Crippen molar-refractivity contribution in [2.45, 2.75) is 18.9 Å². The molecule has 2 N–H and O–H groups in total. The van der Waals surface area contributed by atoms with Crippen LogP contribution in [-0.4, -0.2) is 72.5 Å². The van der Waals surface area contributed by atoms with Gasteiger partial charge in [-0.3, -0.25) is 14.5 Å². The lowest BCUT2D eigenvalue weighted by Gasteiger charge is -2.35. The number of piperazine rings is 1. The fourth-order valence-corrected chi connectivity index (χ4v) is 4.26. The van der Waals surface area contributed by atoms with Gasteiger partial charge in [-0.2, -0.15) is 0 Å². The maximum Gasteiger partial charge on any atom is 0.414 e. The number of pyridine rings is 1. The molecule has 1 aromatic carbocycles. The lowest BCUT2D eigenvalue weighted by molar-refractivity contribution is -0.128. The van der Waals surface area contributed by atoms with Crippen LogP contribution >= 0.6 is 11.6 Å². The van der Waals surface area contributed by atoms with Gasteiger partial charge in [0.25, 0.3) is 0 Å². The molecule has 2 fully saturated rings. The van der Waals surface area contributed by atoms with Gasteiger partial charge in [0.05, 0.1) is 12.2 Å². The van der Waals surface area contributed by atoms with Crippen LogP contribution in [0.25, 0.3) is 11.1 Å². The molecule has 0 radical (unpaired) electrons. The lowest BCUT2D eigenvalue weighted by atomic mass is 10.1. The second kappa shape index (κ2) is 10.3. The van der Waals surface area contributed by atoms with E-state index in [1.54, 1.807) is 29.3 Å². The first-order valence-electron chi connectivity index (χ1n) is 11.0. The SMILES string of the molecule is NC(=O)CCC1CN(c2ccc(-c3ccc(N4CCN(C(=O)CCl)CC4)nc3)c(F)c2)C(=O)O1. The second-order valence-electron chi connectivity index (χ2n) is 8.19. The first-order valence-corrected chi connectivity index (χ1v) is 11.5. The van der Waals surface area contributed by atoms with E-state index in [4.69, 9.17) is 22.1 Å². The fraction of sp³-hybridized carbons (Fsp3) is 0.391. The van der Waals surface area contributed by atoms with Crippen molar-refractivity contribution < 1.29 is 23.5 Å². The second-order valence-corrected chi connectivity index (χ2v) is 8.46. The van der Waals surface area contributed by atoms with Crippen molar-refractivity contribution in [3.63, 3.8) is 0 Å². The Balaban J connectivity index is 1.41. The van der Waals surface area contributed by atoms with Gasteiger partial charge < -0.3 is 20.3 Å². The number of amides is 3. The minimum absolute atomic E-state index is 0.0217. The number of alkyl halides is 1. The Morgan fingerprint density at radius 1 is 1.18 bits per heavy atom. The van der Waals surface area contributed by atoms with Crippen LogP contribution in [0, 0.1) is 5.82 Å². The molecular weight excluding hydrogens is 465 g/mol. The maximum absolute atomic E-state index is 14.9. The summed E-state index contributed by atoms with van der Waals surface area (Å²) in [5, 5.41) is 0. The van der Waals surface area contributed by atoms with E-state index in [1.165, 1.54) is 11.0 Å². The van der Waals surface area contributed by atoms with E-state index in [1.807, 2.05) is 6.07 Å². The number of halogens is 2. The van der Waals surface area contributed by atoms with Crippen LogP contribution in [0.15, 0.2) is 36.5 Å². The number of anilines is 2. The van der Waals surface area contributed by atoms with Crippen LogP contribution < -0.4 is 15.5 Å². The van der Waals surface area contributed by atoms with E-state index in [0.29, 0.717) is 49.4 Å². The number of aromatic nitrogens is 1. The molecule has 4 rings (SSSR count). The Hall–Kier alpha value is -3.40. The summed E-state index contributed by atoms with van der Waals surface area (Å²) in [6.45, 7) is 2.67. The largest absolute Gasteiger partial charge is 0.444 e. The number of hydrogen-bond acceptors (Lipinski definition) is 6. The summed E-state index contributed by atoms with van der Waals surface area (Å²) in [6.07, 6.45) is 1.00. The molecule has 1 aromatic heterocycles. The monoisotopic (exact) mass is 489 g/mol. The van der Waals surface area contributed by atoms with Gasteiger partial charge in [-0.25, -0.2) is 14.2 Å². The Bertz CT molecular complexity index is 1080. The van der Waals surface area contributed by atoms with Gasteiger partial charge >= 0.3 is 6.09 Å². The van der Waals surface area contributed by atoms with Gasteiger partial charge in [-0.05, 0) is 36.8 Å². The molecule has 1 unspecified atom stereocenters. The standard InChI is InChI=1S/C23H25ClFN5O4/c24-12-22(32)29-9-7-28(8-10-29)21-6-1-15(13-27-21)18-4-2-16(11-19(18)25)30-14-17(34-23(30)33)3-5-20(26)31/h1-2,4,6,11,13,17H,3,5,7-10,12,14H2,(H2,26,31). The lowest BCUT2D eigenvalue weighted by Crippen LogP contribution is -2.49. The first-order chi connectivity index (χ1) is 16.4. The number of rotatable bonds is 7. The van der Waals surface area contributed by atoms with E-state index >= 15 is 0 Å². The Morgan fingerprint density at radius 3 is 2.56 bits per heavy atom. The van der Waals surface area contributed by atoms with E-state index in [2.05, 4.69) is 9.88 Å². The topological polar surface area (TPSA) is 109 Å². The molecule has 0 saturated carbocycles. The summed E-state index contributed by atoms with van der Waals surface area (Å²) in [5.41, 5.74) is 6.49. The molecule has 34 heavy (non-hydrogen) atoms. The quantitative estimate of drug-likeness (QED) is 0.598. The van der Waals surface area contributed by atoms with Crippen LogP contribution in [0.3, 0.4) is 0 Å². The summed E-state index contributed by atoms with van der Waals surface area (Å²) in [6, 6.07) is 8.15. The molecule has 3 heterocycles. The fourth-order valence-electron chi connectivity index (χ4n) is 4.09. The third kappa shape index (κ3) is 5.22. The predicted octanol–water partition coefficient (Wildman–Crippen LogP) is 2.37. The van der Waals surface area contributed by atoms with E-state index in [9.17, 15) is 18.8 Å². The Kier molecular flexibility index (Phi) is 7.16. The van der Waals surface area contributed by atoms with Crippen LogP contribution in [0.5, 0.6) is 0 Å². The molecule has 2 aromatic rings. The number of carbonyl (C=O) groups is 3. The van der Waals surface area contributed by atoms with Gasteiger partial charge in [-0.1, -0.05) is 0 Å². The van der Waals surface area contributed by atoms with Gasteiger partial charge in [0.1, 0.15) is 23.6 Å². The number of ether oxygens (including phenoxy) is 1. The minimum Gasteiger partial charge on any atom is -0.444 e. The van der Waals surface area contributed by atoms with E-state index in [0.717, 1.165) is 5.82 Å². The zero-order valence-electron chi connectivity index (χ0n) is 18.5. The molecule has 2 saturated heterocycles. The van der Waals surface area contributed by atoms with Crippen molar-refractivity contribution in [3.05, 3.63) is 42.3 Å². The molecule has 0 bridgehead atoms. The van der Waals surface area contributed by atoms with Gasteiger partial charge in [0.15, 0.2) is 0 Å². The van der Waals surface area contributed by atoms with Crippen LogP contribution in [-0.2, 0) is 14.3 Å². The first kappa shape index (κ1) is 23.7. The number of nitrogens with two attached hydrogens (primary N) is 1.